The summed E-state index contributed by atoms with van der Waals surface area (Å²) in [5, 5.41) is 12.1. The van der Waals surface area contributed by atoms with Crippen LogP contribution < -0.4 is 10.1 Å². The minimum Gasteiger partial charge on any atom is -0.497 e. The van der Waals surface area contributed by atoms with Crippen molar-refractivity contribution in [1.82, 2.24) is 5.32 Å². The summed E-state index contributed by atoms with van der Waals surface area (Å²) in [5.41, 5.74) is 0.505. The molecule has 1 fully saturated rings. The highest BCUT2D eigenvalue weighted by atomic mass is 16.5. The highest BCUT2D eigenvalue weighted by Gasteiger charge is 2.22. The van der Waals surface area contributed by atoms with Gasteiger partial charge in [-0.05, 0) is 49.5 Å². The van der Waals surface area contributed by atoms with Crippen molar-refractivity contribution < 1.29 is 19.1 Å². The minimum absolute atomic E-state index is 0.160. The highest BCUT2D eigenvalue weighted by molar-refractivity contribution is 5.99. The van der Waals surface area contributed by atoms with Crippen LogP contribution in [0.1, 0.15) is 44.6 Å². The minimum atomic E-state index is -0.950. The summed E-state index contributed by atoms with van der Waals surface area (Å²) in [6, 6.07) is 8.74. The van der Waals surface area contributed by atoms with E-state index in [4.69, 9.17) is 9.47 Å². The molecule has 27 heavy (non-hydrogen) atoms. The molecule has 0 saturated heterocycles. The normalized spacial score (nSPS) is 16.1. The number of ether oxygens (including phenoxy) is 2. The molecule has 6 nitrogen and oxygen atoms in total. The second-order valence-electron chi connectivity index (χ2n) is 6.74. The van der Waals surface area contributed by atoms with Gasteiger partial charge in [0.05, 0.1) is 7.11 Å². The van der Waals surface area contributed by atoms with E-state index in [2.05, 4.69) is 5.32 Å². The third-order valence-corrected chi connectivity index (χ3v) is 4.71. The van der Waals surface area contributed by atoms with E-state index in [0.717, 1.165) is 12.8 Å². The molecule has 1 N–H and O–H groups in total. The number of rotatable bonds is 7. The van der Waals surface area contributed by atoms with Crippen LogP contribution in [0.15, 0.2) is 29.8 Å². The average Bonchev–Trinajstić information content (AvgIpc) is 2.71. The number of carbonyl (C=O) groups excluding carboxylic acids is 2. The smallest absolute Gasteiger partial charge is 0.349 e. The number of amides is 1. The first-order valence-electron chi connectivity index (χ1n) is 9.28. The zero-order valence-corrected chi connectivity index (χ0v) is 15.9. The first-order chi connectivity index (χ1) is 13.0. The maximum absolute atomic E-state index is 12.2. The molecule has 0 bridgehead atoms. The first-order valence-corrected chi connectivity index (χ1v) is 9.28. The Balaban J connectivity index is 1.89. The van der Waals surface area contributed by atoms with Crippen LogP contribution >= 0.6 is 0 Å². The van der Waals surface area contributed by atoms with Gasteiger partial charge in [-0.2, -0.15) is 5.26 Å². The molecule has 1 aliphatic carbocycles. The molecule has 1 aromatic rings. The molecule has 0 aromatic heterocycles. The summed E-state index contributed by atoms with van der Waals surface area (Å²) in [6.45, 7) is 2.12. The van der Waals surface area contributed by atoms with Crippen molar-refractivity contribution in [3.8, 4) is 11.8 Å². The number of nitriles is 1. The number of hydrogen-bond acceptors (Lipinski definition) is 5. The number of methoxy groups -OCH3 is 1. The Bertz CT molecular complexity index is 713. The number of benzene rings is 1. The second kappa shape index (κ2) is 10.4. The van der Waals surface area contributed by atoms with Gasteiger partial charge >= 0.3 is 5.97 Å². The lowest BCUT2D eigenvalue weighted by molar-refractivity contribution is -0.150. The third kappa shape index (κ3) is 6.45. The largest absolute Gasteiger partial charge is 0.497 e. The van der Waals surface area contributed by atoms with Crippen LogP contribution in [0.2, 0.25) is 0 Å². The van der Waals surface area contributed by atoms with Crippen molar-refractivity contribution in [2.75, 3.05) is 13.7 Å². The van der Waals surface area contributed by atoms with Gasteiger partial charge in [-0.3, -0.25) is 4.79 Å². The third-order valence-electron chi connectivity index (χ3n) is 4.71. The van der Waals surface area contributed by atoms with Gasteiger partial charge in [-0.15, -0.1) is 0 Å². The second-order valence-corrected chi connectivity index (χ2v) is 6.74. The molecule has 1 saturated carbocycles. The number of nitrogens with zero attached hydrogens (tertiary/aromatic N) is 1. The van der Waals surface area contributed by atoms with E-state index in [1.54, 1.807) is 31.4 Å². The first kappa shape index (κ1) is 20.5. The average molecular weight is 370 g/mol. The number of nitrogens with one attached hydrogen (secondary N) is 1. The predicted molar refractivity (Wildman–Crippen MR) is 102 cm³/mol. The van der Waals surface area contributed by atoms with Gasteiger partial charge in [0, 0.05) is 6.54 Å². The molecule has 0 heterocycles. The van der Waals surface area contributed by atoms with E-state index < -0.39 is 12.1 Å². The summed E-state index contributed by atoms with van der Waals surface area (Å²) < 4.78 is 10.2. The standard InChI is InChI=1S/C21H26N2O4/c1-15(20(24)23-14-17-6-4-3-5-7-17)27-21(25)18(13-22)12-16-8-10-19(26-2)11-9-16/h8-12,15,17H,3-7,14H2,1-2H3,(H,23,24)/b18-12+/t15-/m1/s1. The molecule has 6 heteroatoms. The van der Waals surface area contributed by atoms with E-state index in [9.17, 15) is 14.9 Å². The van der Waals surface area contributed by atoms with Crippen molar-refractivity contribution in [1.29, 1.82) is 5.26 Å². The van der Waals surface area contributed by atoms with Crippen molar-refractivity contribution in [3.05, 3.63) is 35.4 Å². The van der Waals surface area contributed by atoms with Crippen LogP contribution in [-0.4, -0.2) is 31.6 Å². The molecular formula is C21H26N2O4. The molecule has 0 aliphatic heterocycles. The fraction of sp³-hybridized carbons (Fsp3) is 0.476. The van der Waals surface area contributed by atoms with Crippen LogP contribution in [0, 0.1) is 17.2 Å². The summed E-state index contributed by atoms with van der Waals surface area (Å²) in [7, 11) is 1.56. The molecule has 1 atom stereocenters. The number of esters is 1. The van der Waals surface area contributed by atoms with Gasteiger partial charge in [0.15, 0.2) is 6.10 Å². The van der Waals surface area contributed by atoms with Gasteiger partial charge in [0.25, 0.3) is 5.91 Å². The lowest BCUT2D eigenvalue weighted by Gasteiger charge is -2.22. The molecule has 1 aromatic carbocycles. The Morgan fingerprint density at radius 3 is 2.52 bits per heavy atom. The van der Waals surface area contributed by atoms with E-state index >= 15 is 0 Å². The molecule has 0 spiro atoms. The van der Waals surface area contributed by atoms with Crippen LogP contribution in [0.25, 0.3) is 6.08 Å². The van der Waals surface area contributed by atoms with Crippen LogP contribution in [-0.2, 0) is 14.3 Å². The molecule has 0 unspecified atom stereocenters. The lowest BCUT2D eigenvalue weighted by atomic mass is 9.89. The topological polar surface area (TPSA) is 88.4 Å². The van der Waals surface area contributed by atoms with Gasteiger partial charge < -0.3 is 14.8 Å². The quantitative estimate of drug-likeness (QED) is 0.452. The maximum Gasteiger partial charge on any atom is 0.349 e. The summed E-state index contributed by atoms with van der Waals surface area (Å²) in [4.78, 5) is 24.4. The molecule has 1 amide bonds. The fourth-order valence-corrected chi connectivity index (χ4v) is 3.06. The Labute approximate surface area is 160 Å². The molecular weight excluding hydrogens is 344 g/mol. The molecule has 2 rings (SSSR count). The number of carbonyl (C=O) groups is 2. The van der Waals surface area contributed by atoms with E-state index in [-0.39, 0.29) is 11.5 Å². The van der Waals surface area contributed by atoms with Gasteiger partial charge in [0.2, 0.25) is 0 Å². The zero-order chi connectivity index (χ0) is 19.6. The zero-order valence-electron chi connectivity index (χ0n) is 15.9. The van der Waals surface area contributed by atoms with Crippen LogP contribution in [0.4, 0.5) is 0 Å². The summed E-state index contributed by atoms with van der Waals surface area (Å²) in [5.74, 6) is 0.0241. The lowest BCUT2D eigenvalue weighted by Crippen LogP contribution is -2.38. The van der Waals surface area contributed by atoms with Crippen LogP contribution in [0.5, 0.6) is 5.75 Å². The monoisotopic (exact) mass is 370 g/mol. The fourth-order valence-electron chi connectivity index (χ4n) is 3.06. The van der Waals surface area contributed by atoms with Crippen LogP contribution in [0.3, 0.4) is 0 Å². The van der Waals surface area contributed by atoms with Gasteiger partial charge in [-0.25, -0.2) is 4.79 Å². The van der Waals surface area contributed by atoms with Crippen molar-refractivity contribution in [3.63, 3.8) is 0 Å². The maximum atomic E-state index is 12.2. The molecule has 1 aliphatic rings. The SMILES string of the molecule is COc1ccc(/C=C(\C#N)C(=O)O[C@H](C)C(=O)NCC2CCCCC2)cc1. The summed E-state index contributed by atoms with van der Waals surface area (Å²) >= 11 is 0. The van der Waals surface area contributed by atoms with Crippen molar-refractivity contribution >= 4 is 18.0 Å². The Morgan fingerprint density at radius 2 is 1.93 bits per heavy atom. The van der Waals surface area contributed by atoms with E-state index in [1.807, 2.05) is 6.07 Å². The predicted octanol–water partition coefficient (Wildman–Crippen LogP) is 3.23. The molecule has 144 valence electrons. The number of hydrogen-bond donors (Lipinski definition) is 1. The van der Waals surface area contributed by atoms with Gasteiger partial charge in [-0.1, -0.05) is 31.4 Å². The Kier molecular flexibility index (Phi) is 7.87. The highest BCUT2D eigenvalue weighted by Crippen LogP contribution is 2.22. The van der Waals surface area contributed by atoms with Gasteiger partial charge in [0.1, 0.15) is 17.4 Å². The van der Waals surface area contributed by atoms with E-state index in [1.165, 1.54) is 32.3 Å². The summed E-state index contributed by atoms with van der Waals surface area (Å²) in [6.07, 6.45) is 6.38. The Hall–Kier alpha value is -2.81. The Morgan fingerprint density at radius 1 is 1.26 bits per heavy atom. The van der Waals surface area contributed by atoms with Crippen molar-refractivity contribution in [2.24, 2.45) is 5.92 Å². The molecule has 0 radical (unpaired) electrons. The van der Waals surface area contributed by atoms with E-state index in [0.29, 0.717) is 23.8 Å². The van der Waals surface area contributed by atoms with Crippen molar-refractivity contribution in [2.45, 2.75) is 45.1 Å².